The molecule has 0 saturated heterocycles. The molecule has 24 heavy (non-hydrogen) atoms. The van der Waals surface area contributed by atoms with Crippen LogP contribution in [0.4, 0.5) is 0 Å². The summed E-state index contributed by atoms with van der Waals surface area (Å²) in [5.41, 5.74) is 1.56. The third-order valence-electron chi connectivity index (χ3n) is 3.69. The van der Waals surface area contributed by atoms with Gasteiger partial charge in [0.1, 0.15) is 0 Å². The second-order valence-corrected chi connectivity index (χ2v) is 6.81. The van der Waals surface area contributed by atoms with E-state index in [-0.39, 0.29) is 5.91 Å². The number of hydrogen-bond acceptors (Lipinski definition) is 3. The number of carbonyl (C=O) groups is 1. The first-order chi connectivity index (χ1) is 11.7. The molecule has 0 radical (unpaired) electrons. The van der Waals surface area contributed by atoms with Crippen molar-refractivity contribution in [3.63, 3.8) is 0 Å². The van der Waals surface area contributed by atoms with Gasteiger partial charge in [0.05, 0.1) is 17.8 Å². The standard InChI is InChI=1S/C19H17ClN2OS/c1-2-22(13-17-4-3-11-24-17)19(23)10-9-16-8-6-14-5-7-15(20)12-18(14)21-16/h3-12H,2,13H2,1H3/b10-9+. The molecule has 0 aliphatic heterocycles. The first-order valence-corrected chi connectivity index (χ1v) is 8.97. The highest BCUT2D eigenvalue weighted by molar-refractivity contribution is 7.09. The van der Waals surface area contributed by atoms with Crippen molar-refractivity contribution in [1.82, 2.24) is 9.88 Å². The van der Waals surface area contributed by atoms with E-state index in [1.54, 1.807) is 28.4 Å². The summed E-state index contributed by atoms with van der Waals surface area (Å²) in [7, 11) is 0. The first kappa shape index (κ1) is 16.7. The van der Waals surface area contributed by atoms with Gasteiger partial charge in [-0.3, -0.25) is 4.79 Å². The molecule has 1 amide bonds. The zero-order valence-corrected chi connectivity index (χ0v) is 14.8. The lowest BCUT2D eigenvalue weighted by Crippen LogP contribution is -2.28. The van der Waals surface area contributed by atoms with E-state index in [4.69, 9.17) is 11.6 Å². The van der Waals surface area contributed by atoms with Gasteiger partial charge in [0.2, 0.25) is 5.91 Å². The van der Waals surface area contributed by atoms with Gasteiger partial charge in [0.15, 0.2) is 0 Å². The lowest BCUT2D eigenvalue weighted by Gasteiger charge is -2.18. The third-order valence-corrected chi connectivity index (χ3v) is 4.79. The Kier molecular flexibility index (Phi) is 5.28. The van der Waals surface area contributed by atoms with Crippen LogP contribution < -0.4 is 0 Å². The van der Waals surface area contributed by atoms with E-state index in [1.165, 1.54) is 4.88 Å². The second-order valence-electron chi connectivity index (χ2n) is 5.34. The van der Waals surface area contributed by atoms with E-state index in [2.05, 4.69) is 4.98 Å². The quantitative estimate of drug-likeness (QED) is 0.602. The Morgan fingerprint density at radius 2 is 2.12 bits per heavy atom. The Morgan fingerprint density at radius 1 is 1.29 bits per heavy atom. The van der Waals surface area contributed by atoms with Crippen LogP contribution in [0.15, 0.2) is 53.9 Å². The minimum atomic E-state index is -0.0149. The highest BCUT2D eigenvalue weighted by Gasteiger charge is 2.09. The maximum Gasteiger partial charge on any atom is 0.246 e. The maximum absolute atomic E-state index is 12.4. The molecule has 122 valence electrons. The summed E-state index contributed by atoms with van der Waals surface area (Å²) < 4.78 is 0. The number of amides is 1. The number of pyridine rings is 1. The Hall–Kier alpha value is -2.17. The zero-order valence-electron chi connectivity index (χ0n) is 13.3. The number of thiophene rings is 1. The predicted molar refractivity (Wildman–Crippen MR) is 101 cm³/mol. The third kappa shape index (κ3) is 4.02. The SMILES string of the molecule is CCN(Cc1cccs1)C(=O)/C=C/c1ccc2ccc(Cl)cc2n1. The lowest BCUT2D eigenvalue weighted by atomic mass is 10.2. The van der Waals surface area contributed by atoms with Crippen LogP contribution in [0.1, 0.15) is 17.5 Å². The van der Waals surface area contributed by atoms with Crippen LogP contribution in [0.5, 0.6) is 0 Å². The molecule has 0 bridgehead atoms. The summed E-state index contributed by atoms with van der Waals surface area (Å²) >= 11 is 7.67. The number of rotatable bonds is 5. The molecule has 2 heterocycles. The summed E-state index contributed by atoms with van der Waals surface area (Å²) in [6, 6.07) is 13.5. The monoisotopic (exact) mass is 356 g/mol. The van der Waals surface area contributed by atoms with Gasteiger partial charge in [-0.05, 0) is 42.6 Å². The van der Waals surface area contributed by atoms with Crippen LogP contribution in [-0.2, 0) is 11.3 Å². The van der Waals surface area contributed by atoms with Gasteiger partial charge in [0.25, 0.3) is 0 Å². The summed E-state index contributed by atoms with van der Waals surface area (Å²) in [4.78, 5) is 19.9. The van der Waals surface area contributed by atoms with Crippen molar-refractivity contribution in [2.75, 3.05) is 6.54 Å². The van der Waals surface area contributed by atoms with Crippen LogP contribution in [-0.4, -0.2) is 22.3 Å². The zero-order chi connectivity index (χ0) is 16.9. The van der Waals surface area contributed by atoms with Crippen molar-refractivity contribution in [2.24, 2.45) is 0 Å². The summed E-state index contributed by atoms with van der Waals surface area (Å²) in [6.07, 6.45) is 3.33. The number of carbonyl (C=O) groups excluding carboxylic acids is 1. The Labute approximate surface area is 150 Å². The molecular weight excluding hydrogens is 340 g/mol. The molecule has 0 unspecified atom stereocenters. The fraction of sp³-hybridized carbons (Fsp3) is 0.158. The molecule has 3 rings (SSSR count). The lowest BCUT2D eigenvalue weighted by molar-refractivity contribution is -0.126. The van der Waals surface area contributed by atoms with Crippen LogP contribution >= 0.6 is 22.9 Å². The minimum Gasteiger partial charge on any atom is -0.334 e. The van der Waals surface area contributed by atoms with Crippen molar-refractivity contribution in [3.05, 3.63) is 69.5 Å². The second kappa shape index (κ2) is 7.60. The van der Waals surface area contributed by atoms with E-state index < -0.39 is 0 Å². The molecule has 0 N–H and O–H groups in total. The largest absolute Gasteiger partial charge is 0.334 e. The number of aromatic nitrogens is 1. The number of likely N-dealkylation sites (N-methyl/N-ethyl adjacent to an activating group) is 1. The summed E-state index contributed by atoms with van der Waals surface area (Å²) in [5, 5.41) is 3.70. The van der Waals surface area contributed by atoms with Gasteiger partial charge in [-0.1, -0.05) is 29.8 Å². The molecule has 0 aliphatic rings. The minimum absolute atomic E-state index is 0.0149. The average molecular weight is 357 g/mol. The maximum atomic E-state index is 12.4. The van der Waals surface area contributed by atoms with Crippen molar-refractivity contribution in [3.8, 4) is 0 Å². The molecular formula is C19H17ClN2OS. The van der Waals surface area contributed by atoms with Gasteiger partial charge >= 0.3 is 0 Å². The Bertz CT molecular complexity index is 874. The fourth-order valence-corrected chi connectivity index (χ4v) is 3.28. The van der Waals surface area contributed by atoms with Gasteiger partial charge in [0, 0.05) is 27.9 Å². The first-order valence-electron chi connectivity index (χ1n) is 7.71. The van der Waals surface area contributed by atoms with Gasteiger partial charge in [-0.15, -0.1) is 11.3 Å². The van der Waals surface area contributed by atoms with Gasteiger partial charge < -0.3 is 4.90 Å². The molecule has 0 spiro atoms. The van der Waals surface area contributed by atoms with E-state index in [0.29, 0.717) is 18.1 Å². The van der Waals surface area contributed by atoms with E-state index >= 15 is 0 Å². The molecule has 0 saturated carbocycles. The number of halogens is 1. The molecule has 0 aliphatic carbocycles. The number of nitrogens with zero attached hydrogens (tertiary/aromatic N) is 2. The highest BCUT2D eigenvalue weighted by Crippen LogP contribution is 2.18. The normalized spacial score (nSPS) is 11.2. The van der Waals surface area contributed by atoms with E-state index in [9.17, 15) is 4.79 Å². The van der Waals surface area contributed by atoms with Crippen LogP contribution in [0.2, 0.25) is 5.02 Å². The summed E-state index contributed by atoms with van der Waals surface area (Å²) in [6.45, 7) is 3.29. The average Bonchev–Trinajstić information content (AvgIpc) is 3.10. The van der Waals surface area contributed by atoms with Crippen LogP contribution in [0.25, 0.3) is 17.0 Å². The van der Waals surface area contributed by atoms with Crippen molar-refractivity contribution in [1.29, 1.82) is 0 Å². The van der Waals surface area contributed by atoms with Crippen molar-refractivity contribution >= 4 is 45.8 Å². The number of hydrogen-bond donors (Lipinski definition) is 0. The number of benzene rings is 1. The molecule has 0 fully saturated rings. The smallest absolute Gasteiger partial charge is 0.246 e. The highest BCUT2D eigenvalue weighted by atomic mass is 35.5. The summed E-state index contributed by atoms with van der Waals surface area (Å²) in [5.74, 6) is -0.0149. The Balaban J connectivity index is 1.75. The van der Waals surface area contributed by atoms with E-state index in [1.807, 2.05) is 54.8 Å². The molecule has 0 atom stereocenters. The molecule has 3 aromatic rings. The Morgan fingerprint density at radius 3 is 2.88 bits per heavy atom. The molecule has 5 heteroatoms. The molecule has 2 aromatic heterocycles. The number of fused-ring (bicyclic) bond motifs is 1. The van der Waals surface area contributed by atoms with Crippen LogP contribution in [0.3, 0.4) is 0 Å². The molecule has 1 aromatic carbocycles. The van der Waals surface area contributed by atoms with E-state index in [0.717, 1.165) is 16.6 Å². The van der Waals surface area contributed by atoms with Gasteiger partial charge in [-0.25, -0.2) is 4.98 Å². The van der Waals surface area contributed by atoms with Gasteiger partial charge in [-0.2, -0.15) is 0 Å². The topological polar surface area (TPSA) is 33.2 Å². The van der Waals surface area contributed by atoms with Crippen molar-refractivity contribution in [2.45, 2.75) is 13.5 Å². The fourth-order valence-electron chi connectivity index (χ4n) is 2.40. The van der Waals surface area contributed by atoms with Crippen LogP contribution in [0, 0.1) is 0 Å². The predicted octanol–water partition coefficient (Wildman–Crippen LogP) is 5.01. The van der Waals surface area contributed by atoms with Crippen molar-refractivity contribution < 1.29 is 4.79 Å². The molecule has 3 nitrogen and oxygen atoms in total.